The van der Waals surface area contributed by atoms with Gasteiger partial charge in [-0.3, -0.25) is 24.0 Å². The maximum atomic E-state index is 13.7. The number of piperazine rings is 2. The number of rotatable bonds is 11. The number of carbonyl (C=O) groups is 5. The van der Waals surface area contributed by atoms with Gasteiger partial charge in [0, 0.05) is 32.6 Å². The summed E-state index contributed by atoms with van der Waals surface area (Å²) in [7, 11) is 0. The molecule has 0 aromatic rings. The zero-order valence-corrected chi connectivity index (χ0v) is 20.8. The first kappa shape index (κ1) is 27.6. The Morgan fingerprint density at radius 3 is 2.24 bits per heavy atom. The van der Waals surface area contributed by atoms with Gasteiger partial charge in [-0.15, -0.1) is 0 Å². The van der Waals surface area contributed by atoms with E-state index >= 15 is 0 Å². The Bertz CT molecular complexity index is 786. The molecule has 5 amide bonds. The zero-order chi connectivity index (χ0) is 25.6. The van der Waals surface area contributed by atoms with E-state index in [2.05, 4.69) is 5.32 Å². The van der Waals surface area contributed by atoms with Crippen molar-refractivity contribution >= 4 is 29.5 Å². The average molecular weight is 481 g/mol. The van der Waals surface area contributed by atoms with Gasteiger partial charge in [-0.25, -0.2) is 0 Å². The molecule has 2 saturated heterocycles. The highest BCUT2D eigenvalue weighted by molar-refractivity contribution is 5.95. The van der Waals surface area contributed by atoms with Gasteiger partial charge in [0.1, 0.15) is 18.1 Å². The van der Waals surface area contributed by atoms with Crippen LogP contribution in [-0.4, -0.2) is 94.6 Å². The average Bonchev–Trinajstić information content (AvgIpc) is 2.76. The van der Waals surface area contributed by atoms with Crippen LogP contribution in [0.25, 0.3) is 0 Å². The highest BCUT2D eigenvalue weighted by Crippen LogP contribution is 2.23. The molecule has 4 atom stereocenters. The first-order chi connectivity index (χ1) is 16.0. The van der Waals surface area contributed by atoms with Crippen LogP contribution in [0, 0.1) is 5.92 Å². The van der Waals surface area contributed by atoms with Gasteiger partial charge >= 0.3 is 0 Å². The van der Waals surface area contributed by atoms with Gasteiger partial charge in [0.05, 0.1) is 6.04 Å². The standard InChI is InChI=1S/C23H40N6O5/c1-5-6-16-22(33)28(10-9-26-16)18(13-14(2)3)23(34)27-11-12-29(21(32)15(27)4)17(20(25)31)7-8-19(24)30/h14-18,26H,5-13H2,1-4H3,(H2,24,30)(H2,25,31)/t15-,16-,17-,18-/m0/s1. The van der Waals surface area contributed by atoms with Crippen molar-refractivity contribution in [2.75, 3.05) is 26.2 Å². The van der Waals surface area contributed by atoms with Crippen LogP contribution in [0.2, 0.25) is 0 Å². The maximum absolute atomic E-state index is 13.7. The van der Waals surface area contributed by atoms with Crippen LogP contribution in [0.15, 0.2) is 0 Å². The normalized spacial score (nSPS) is 23.3. The molecule has 2 aliphatic rings. The van der Waals surface area contributed by atoms with E-state index in [0.717, 1.165) is 6.42 Å². The SMILES string of the molecule is CCC[C@@H]1NCCN([C@@H](CC(C)C)C(=O)N2CCN([C@@H](CCC(N)=O)C(N)=O)C(=O)[C@@H]2C)C1=O. The molecule has 0 radical (unpaired) electrons. The second-order valence-corrected chi connectivity index (χ2v) is 9.63. The lowest BCUT2D eigenvalue weighted by molar-refractivity contribution is -0.160. The van der Waals surface area contributed by atoms with E-state index in [9.17, 15) is 24.0 Å². The first-order valence-corrected chi connectivity index (χ1v) is 12.2. The molecule has 5 N–H and O–H groups in total. The molecule has 34 heavy (non-hydrogen) atoms. The van der Waals surface area contributed by atoms with Crippen LogP contribution in [0.5, 0.6) is 0 Å². The minimum Gasteiger partial charge on any atom is -0.370 e. The number of carbonyl (C=O) groups excluding carboxylic acids is 5. The number of hydrogen-bond donors (Lipinski definition) is 3. The van der Waals surface area contributed by atoms with Crippen LogP contribution >= 0.6 is 0 Å². The lowest BCUT2D eigenvalue weighted by Crippen LogP contribution is -2.66. The van der Waals surface area contributed by atoms with Gasteiger partial charge in [-0.05, 0) is 32.1 Å². The van der Waals surface area contributed by atoms with E-state index < -0.39 is 35.8 Å². The summed E-state index contributed by atoms with van der Waals surface area (Å²) in [5.74, 6) is -1.88. The molecule has 2 fully saturated rings. The number of amides is 5. The Morgan fingerprint density at radius 1 is 1.03 bits per heavy atom. The molecule has 0 bridgehead atoms. The number of hydrogen-bond acceptors (Lipinski definition) is 6. The first-order valence-electron chi connectivity index (χ1n) is 12.2. The Labute approximate surface area is 201 Å². The molecule has 2 aliphatic heterocycles. The van der Waals surface area contributed by atoms with Crippen molar-refractivity contribution in [3.63, 3.8) is 0 Å². The van der Waals surface area contributed by atoms with Crippen LogP contribution in [0.3, 0.4) is 0 Å². The molecule has 2 heterocycles. The smallest absolute Gasteiger partial charge is 0.246 e. The summed E-state index contributed by atoms with van der Waals surface area (Å²) < 4.78 is 0. The molecule has 2 rings (SSSR count). The molecular formula is C23H40N6O5. The summed E-state index contributed by atoms with van der Waals surface area (Å²) in [6.07, 6.45) is 2.01. The molecule has 0 aromatic heterocycles. The van der Waals surface area contributed by atoms with Crippen molar-refractivity contribution in [3.8, 4) is 0 Å². The predicted octanol–water partition coefficient (Wildman–Crippen LogP) is -0.820. The topological polar surface area (TPSA) is 159 Å². The number of nitrogens with two attached hydrogens (primary N) is 2. The Balaban J connectivity index is 2.22. The molecule has 11 heteroatoms. The minimum atomic E-state index is -0.962. The number of nitrogens with one attached hydrogen (secondary N) is 1. The second kappa shape index (κ2) is 12.1. The van der Waals surface area contributed by atoms with Crippen molar-refractivity contribution in [2.24, 2.45) is 17.4 Å². The number of nitrogens with zero attached hydrogens (tertiary/aromatic N) is 3. The summed E-state index contributed by atoms with van der Waals surface area (Å²) >= 11 is 0. The summed E-state index contributed by atoms with van der Waals surface area (Å²) in [5.41, 5.74) is 10.7. The third-order valence-electron chi connectivity index (χ3n) is 6.60. The van der Waals surface area contributed by atoms with Crippen molar-refractivity contribution in [1.29, 1.82) is 0 Å². The van der Waals surface area contributed by atoms with Gasteiger partial charge < -0.3 is 31.5 Å². The van der Waals surface area contributed by atoms with Crippen LogP contribution in [-0.2, 0) is 24.0 Å². The maximum Gasteiger partial charge on any atom is 0.246 e. The van der Waals surface area contributed by atoms with E-state index in [-0.39, 0.29) is 49.7 Å². The van der Waals surface area contributed by atoms with Crippen LogP contribution in [0.4, 0.5) is 0 Å². The van der Waals surface area contributed by atoms with Crippen molar-refractivity contribution in [3.05, 3.63) is 0 Å². The zero-order valence-electron chi connectivity index (χ0n) is 20.8. The lowest BCUT2D eigenvalue weighted by Gasteiger charge is -2.45. The molecular weight excluding hydrogens is 440 g/mol. The summed E-state index contributed by atoms with van der Waals surface area (Å²) in [5, 5.41) is 3.24. The summed E-state index contributed by atoms with van der Waals surface area (Å²) in [6, 6.07) is -2.75. The minimum absolute atomic E-state index is 0.0428. The summed E-state index contributed by atoms with van der Waals surface area (Å²) in [6.45, 7) is 8.99. The Hall–Kier alpha value is -2.69. The summed E-state index contributed by atoms with van der Waals surface area (Å²) in [4.78, 5) is 67.7. The van der Waals surface area contributed by atoms with Gasteiger partial charge in [0.15, 0.2) is 0 Å². The Morgan fingerprint density at radius 2 is 1.68 bits per heavy atom. The largest absolute Gasteiger partial charge is 0.370 e. The molecule has 0 spiro atoms. The van der Waals surface area contributed by atoms with Gasteiger partial charge in [0.25, 0.3) is 0 Å². The van der Waals surface area contributed by atoms with Crippen molar-refractivity contribution in [1.82, 2.24) is 20.0 Å². The fourth-order valence-corrected chi connectivity index (χ4v) is 4.81. The van der Waals surface area contributed by atoms with E-state index in [1.165, 1.54) is 9.80 Å². The van der Waals surface area contributed by atoms with E-state index in [1.54, 1.807) is 11.8 Å². The fourth-order valence-electron chi connectivity index (χ4n) is 4.81. The third-order valence-corrected chi connectivity index (χ3v) is 6.60. The third kappa shape index (κ3) is 6.46. The van der Waals surface area contributed by atoms with E-state index in [4.69, 9.17) is 11.5 Å². The van der Waals surface area contributed by atoms with Gasteiger partial charge in [-0.1, -0.05) is 27.2 Å². The molecule has 0 aliphatic carbocycles. The molecule has 0 aromatic carbocycles. The predicted molar refractivity (Wildman–Crippen MR) is 126 cm³/mol. The van der Waals surface area contributed by atoms with Gasteiger partial charge in [0.2, 0.25) is 29.5 Å². The van der Waals surface area contributed by atoms with Crippen LogP contribution < -0.4 is 16.8 Å². The van der Waals surface area contributed by atoms with Gasteiger partial charge in [-0.2, -0.15) is 0 Å². The fraction of sp³-hybridized carbons (Fsp3) is 0.783. The van der Waals surface area contributed by atoms with E-state index in [1.807, 2.05) is 20.8 Å². The Kier molecular flexibility index (Phi) is 9.84. The molecule has 0 unspecified atom stereocenters. The van der Waals surface area contributed by atoms with Crippen LogP contribution in [0.1, 0.15) is 59.8 Å². The number of primary amides is 2. The van der Waals surface area contributed by atoms with Crippen molar-refractivity contribution < 1.29 is 24.0 Å². The molecule has 0 saturated carbocycles. The molecule has 192 valence electrons. The highest BCUT2D eigenvalue weighted by atomic mass is 16.2. The van der Waals surface area contributed by atoms with E-state index in [0.29, 0.717) is 25.9 Å². The monoisotopic (exact) mass is 480 g/mol. The molecule has 11 nitrogen and oxygen atoms in total. The van der Waals surface area contributed by atoms with Crippen molar-refractivity contribution in [2.45, 2.75) is 84.0 Å². The lowest BCUT2D eigenvalue weighted by atomic mass is 9.97. The second-order valence-electron chi connectivity index (χ2n) is 9.63. The highest BCUT2D eigenvalue weighted by Gasteiger charge is 2.44. The quantitative estimate of drug-likeness (QED) is 0.350.